The van der Waals surface area contributed by atoms with Crippen molar-refractivity contribution in [2.45, 2.75) is 25.4 Å². The minimum Gasteiger partial charge on any atom is -0.349 e. The number of carbonyl (C=O) groups excluding carboxylic acids is 1. The van der Waals surface area contributed by atoms with Gasteiger partial charge < -0.3 is 5.32 Å². The number of likely N-dealkylation sites (N-methyl/N-ethyl adjacent to an activating group) is 1. The van der Waals surface area contributed by atoms with Crippen molar-refractivity contribution in [3.63, 3.8) is 0 Å². The van der Waals surface area contributed by atoms with Crippen molar-refractivity contribution in [2.75, 3.05) is 25.1 Å². The van der Waals surface area contributed by atoms with Crippen molar-refractivity contribution >= 4 is 15.7 Å². The molecule has 1 aromatic carbocycles. The molecule has 0 aliphatic carbocycles. The number of hydrogen-bond donors (Lipinski definition) is 1. The molecule has 8 heteroatoms. The summed E-state index contributed by atoms with van der Waals surface area (Å²) in [7, 11) is -1.46. The van der Waals surface area contributed by atoms with Crippen molar-refractivity contribution < 1.29 is 22.0 Å². The number of carbonyl (C=O) groups is 1. The Kier molecular flexibility index (Phi) is 5.05. The molecule has 0 bridgehead atoms. The molecule has 128 valence electrons. The van der Waals surface area contributed by atoms with Gasteiger partial charge in [-0.25, -0.2) is 17.2 Å². The summed E-state index contributed by atoms with van der Waals surface area (Å²) in [5, 5.41) is 2.74. The van der Waals surface area contributed by atoms with Crippen LogP contribution in [-0.4, -0.2) is 49.9 Å². The Morgan fingerprint density at radius 2 is 2.09 bits per heavy atom. The van der Waals surface area contributed by atoms with E-state index < -0.39 is 27.0 Å². The van der Waals surface area contributed by atoms with E-state index in [-0.39, 0.29) is 36.1 Å². The number of nitrogens with zero attached hydrogens (tertiary/aromatic N) is 1. The van der Waals surface area contributed by atoms with E-state index in [1.54, 1.807) is 18.9 Å². The molecule has 0 aromatic heterocycles. The summed E-state index contributed by atoms with van der Waals surface area (Å²) in [5.74, 6) is -1.63. The van der Waals surface area contributed by atoms with Crippen LogP contribution in [0.3, 0.4) is 0 Å². The Balaban J connectivity index is 1.90. The normalized spacial score (nSPS) is 23.2. The summed E-state index contributed by atoms with van der Waals surface area (Å²) >= 11 is 0. The molecule has 1 amide bonds. The topological polar surface area (TPSA) is 66.5 Å². The molecule has 0 spiro atoms. The molecule has 0 saturated carbocycles. The molecule has 1 aromatic rings. The third kappa shape index (κ3) is 4.97. The van der Waals surface area contributed by atoms with Gasteiger partial charge in [0.15, 0.2) is 9.84 Å². The summed E-state index contributed by atoms with van der Waals surface area (Å²) in [5.41, 5.74) is -0.464. The molecule has 1 heterocycles. The van der Waals surface area contributed by atoms with Crippen LogP contribution in [-0.2, 0) is 21.2 Å². The lowest BCUT2D eigenvalue weighted by Gasteiger charge is -2.25. The fraction of sp³-hybridized carbons (Fsp3) is 0.533. The number of amides is 1. The first-order chi connectivity index (χ1) is 10.6. The SMILES string of the molecule is CN(CC(=O)NC1(C)CCS(=O)(=O)C1)Cc1ccc(F)cc1F. The first kappa shape index (κ1) is 17.8. The Hall–Kier alpha value is -1.54. The highest BCUT2D eigenvalue weighted by molar-refractivity contribution is 7.91. The number of sulfone groups is 1. The number of benzene rings is 1. The largest absolute Gasteiger partial charge is 0.349 e. The number of rotatable bonds is 5. The van der Waals surface area contributed by atoms with Gasteiger partial charge in [-0.05, 0) is 26.5 Å². The number of halogens is 2. The van der Waals surface area contributed by atoms with Gasteiger partial charge in [-0.2, -0.15) is 0 Å². The van der Waals surface area contributed by atoms with Crippen LogP contribution in [0.25, 0.3) is 0 Å². The van der Waals surface area contributed by atoms with E-state index in [0.717, 1.165) is 12.1 Å². The average molecular weight is 346 g/mol. The second-order valence-corrected chi connectivity index (χ2v) is 8.54. The van der Waals surface area contributed by atoms with E-state index in [9.17, 15) is 22.0 Å². The highest BCUT2D eigenvalue weighted by Gasteiger charge is 2.39. The van der Waals surface area contributed by atoms with E-state index in [0.29, 0.717) is 6.42 Å². The zero-order chi connectivity index (χ0) is 17.3. The maximum atomic E-state index is 13.6. The summed E-state index contributed by atoms with van der Waals surface area (Å²) in [6.45, 7) is 1.84. The van der Waals surface area contributed by atoms with E-state index in [1.807, 2.05) is 0 Å². The summed E-state index contributed by atoms with van der Waals surface area (Å²) in [6.07, 6.45) is 0.386. The van der Waals surface area contributed by atoms with Gasteiger partial charge in [0.25, 0.3) is 0 Å². The molecule has 1 N–H and O–H groups in total. The van der Waals surface area contributed by atoms with Crippen LogP contribution in [0.2, 0.25) is 0 Å². The first-order valence-corrected chi connectivity index (χ1v) is 9.05. The zero-order valence-electron chi connectivity index (χ0n) is 13.1. The number of nitrogens with one attached hydrogen (secondary N) is 1. The molecule has 5 nitrogen and oxygen atoms in total. The molecular weight excluding hydrogens is 326 g/mol. The van der Waals surface area contributed by atoms with Crippen LogP contribution in [0.15, 0.2) is 18.2 Å². The van der Waals surface area contributed by atoms with Gasteiger partial charge in [-0.15, -0.1) is 0 Å². The summed E-state index contributed by atoms with van der Waals surface area (Å²) in [6, 6.07) is 3.30. The van der Waals surface area contributed by atoms with E-state index in [4.69, 9.17) is 0 Å². The first-order valence-electron chi connectivity index (χ1n) is 7.22. The maximum Gasteiger partial charge on any atom is 0.234 e. The van der Waals surface area contributed by atoms with E-state index in [2.05, 4.69) is 5.32 Å². The lowest BCUT2D eigenvalue weighted by molar-refractivity contribution is -0.123. The molecule has 1 fully saturated rings. The third-order valence-electron chi connectivity index (χ3n) is 3.81. The maximum absolute atomic E-state index is 13.6. The standard InChI is InChI=1S/C15H20F2N2O3S/c1-15(5-6-23(21,22)10-15)18-14(20)9-19(2)8-11-3-4-12(16)7-13(11)17/h3-4,7H,5-6,8-10H2,1-2H3,(H,18,20). The van der Waals surface area contributed by atoms with Crippen LogP contribution < -0.4 is 5.32 Å². The van der Waals surface area contributed by atoms with Crippen molar-refractivity contribution in [3.05, 3.63) is 35.4 Å². The molecule has 1 unspecified atom stereocenters. The average Bonchev–Trinajstić information content (AvgIpc) is 2.66. The van der Waals surface area contributed by atoms with Crippen LogP contribution in [0.5, 0.6) is 0 Å². The van der Waals surface area contributed by atoms with Crippen LogP contribution in [0.1, 0.15) is 18.9 Å². The zero-order valence-corrected chi connectivity index (χ0v) is 13.9. The Bertz CT molecular complexity index is 709. The van der Waals surface area contributed by atoms with E-state index in [1.165, 1.54) is 6.07 Å². The molecule has 1 atom stereocenters. The molecule has 1 saturated heterocycles. The monoisotopic (exact) mass is 346 g/mol. The van der Waals surface area contributed by atoms with Crippen LogP contribution in [0, 0.1) is 11.6 Å². The van der Waals surface area contributed by atoms with Gasteiger partial charge in [-0.3, -0.25) is 9.69 Å². The summed E-state index contributed by atoms with van der Waals surface area (Å²) in [4.78, 5) is 13.6. The van der Waals surface area contributed by atoms with Crippen molar-refractivity contribution in [3.8, 4) is 0 Å². The Morgan fingerprint density at radius 1 is 1.39 bits per heavy atom. The van der Waals surface area contributed by atoms with Crippen LogP contribution >= 0.6 is 0 Å². The molecule has 2 rings (SSSR count). The second kappa shape index (κ2) is 6.52. The summed E-state index contributed by atoms with van der Waals surface area (Å²) < 4.78 is 49.5. The quantitative estimate of drug-likeness (QED) is 0.867. The Morgan fingerprint density at radius 3 is 2.65 bits per heavy atom. The predicted molar refractivity (Wildman–Crippen MR) is 82.5 cm³/mol. The fourth-order valence-electron chi connectivity index (χ4n) is 2.73. The van der Waals surface area contributed by atoms with Crippen LogP contribution in [0.4, 0.5) is 8.78 Å². The highest BCUT2D eigenvalue weighted by atomic mass is 32.2. The fourth-order valence-corrected chi connectivity index (χ4v) is 4.82. The van der Waals surface area contributed by atoms with Crippen molar-refractivity contribution in [2.24, 2.45) is 0 Å². The molecule has 0 radical (unpaired) electrons. The molecule has 1 aliphatic rings. The Labute approximate surface area is 134 Å². The van der Waals surface area contributed by atoms with Crippen molar-refractivity contribution in [1.29, 1.82) is 0 Å². The van der Waals surface area contributed by atoms with Crippen molar-refractivity contribution in [1.82, 2.24) is 10.2 Å². The number of hydrogen-bond acceptors (Lipinski definition) is 4. The second-order valence-electron chi connectivity index (χ2n) is 6.36. The van der Waals surface area contributed by atoms with Gasteiger partial charge >= 0.3 is 0 Å². The lowest BCUT2D eigenvalue weighted by Crippen LogP contribution is -2.49. The molecular formula is C15H20F2N2O3S. The highest BCUT2D eigenvalue weighted by Crippen LogP contribution is 2.22. The minimum atomic E-state index is -3.10. The van der Waals surface area contributed by atoms with Gasteiger partial charge in [-0.1, -0.05) is 6.07 Å². The van der Waals surface area contributed by atoms with Gasteiger partial charge in [0.05, 0.1) is 23.6 Å². The minimum absolute atomic E-state index is 0.00749. The van der Waals surface area contributed by atoms with Gasteiger partial charge in [0.1, 0.15) is 11.6 Å². The molecule has 23 heavy (non-hydrogen) atoms. The van der Waals surface area contributed by atoms with Gasteiger partial charge in [0.2, 0.25) is 5.91 Å². The predicted octanol–water partition coefficient (Wildman–Crippen LogP) is 1.09. The van der Waals surface area contributed by atoms with E-state index >= 15 is 0 Å². The lowest BCUT2D eigenvalue weighted by atomic mass is 10.0. The smallest absolute Gasteiger partial charge is 0.234 e. The van der Waals surface area contributed by atoms with Gasteiger partial charge in [0, 0.05) is 18.2 Å². The molecule has 1 aliphatic heterocycles. The third-order valence-corrected chi connectivity index (χ3v) is 5.72.